The number of hydrogen-bond donors (Lipinski definition) is 2. The van der Waals surface area contributed by atoms with E-state index in [4.69, 9.17) is 20.9 Å². The second-order valence-electron chi connectivity index (χ2n) is 4.92. The molecule has 0 bridgehead atoms. The lowest BCUT2D eigenvalue weighted by Crippen LogP contribution is -2.37. The quantitative estimate of drug-likeness (QED) is 0.845. The zero-order valence-corrected chi connectivity index (χ0v) is 14.0. The number of amides is 2. The van der Waals surface area contributed by atoms with Gasteiger partial charge < -0.3 is 19.9 Å². The van der Waals surface area contributed by atoms with Crippen molar-refractivity contribution in [2.24, 2.45) is 0 Å². The Balaban J connectivity index is 1.94. The molecule has 7 nitrogen and oxygen atoms in total. The van der Waals surface area contributed by atoms with Crippen LogP contribution in [0.25, 0.3) is 0 Å². The first-order valence-electron chi connectivity index (χ1n) is 7.20. The monoisotopic (exact) mass is 338 g/mol. The summed E-state index contributed by atoms with van der Waals surface area (Å²) < 4.78 is 10.2. The summed E-state index contributed by atoms with van der Waals surface area (Å²) in [5.74, 6) is 1.55. The Kier molecular flexibility index (Phi) is 5.81. The molecule has 124 valence electrons. The van der Waals surface area contributed by atoms with Gasteiger partial charge in [0.05, 0.1) is 13.2 Å². The third-order valence-electron chi connectivity index (χ3n) is 3.26. The van der Waals surface area contributed by atoms with Crippen molar-refractivity contribution in [3.8, 4) is 5.75 Å². The van der Waals surface area contributed by atoms with E-state index in [-0.39, 0.29) is 12.1 Å². The van der Waals surface area contributed by atoms with Crippen LogP contribution < -0.4 is 15.4 Å². The van der Waals surface area contributed by atoms with Gasteiger partial charge in [-0.15, -0.1) is 0 Å². The van der Waals surface area contributed by atoms with E-state index in [0.29, 0.717) is 35.5 Å². The van der Waals surface area contributed by atoms with Crippen LogP contribution >= 0.6 is 11.6 Å². The molecule has 0 saturated carbocycles. The number of halogens is 1. The summed E-state index contributed by atoms with van der Waals surface area (Å²) >= 11 is 5.91. The molecule has 1 atom stereocenters. The maximum atomic E-state index is 12.1. The van der Waals surface area contributed by atoms with Gasteiger partial charge in [0.15, 0.2) is 5.82 Å². The topological polar surface area (TPSA) is 89.3 Å². The highest BCUT2D eigenvalue weighted by atomic mass is 35.5. The summed E-state index contributed by atoms with van der Waals surface area (Å²) in [6, 6.07) is 4.63. The molecule has 0 aliphatic carbocycles. The van der Waals surface area contributed by atoms with E-state index in [1.807, 2.05) is 6.92 Å². The number of benzene rings is 1. The Hall–Kier alpha value is -2.28. The summed E-state index contributed by atoms with van der Waals surface area (Å²) in [6.07, 6.45) is 0.649. The van der Waals surface area contributed by atoms with E-state index >= 15 is 0 Å². The summed E-state index contributed by atoms with van der Waals surface area (Å²) in [7, 11) is 1.56. The molecule has 0 fully saturated rings. The van der Waals surface area contributed by atoms with Gasteiger partial charge in [0, 0.05) is 24.1 Å². The Labute approximate surface area is 139 Å². The predicted octanol–water partition coefficient (Wildman–Crippen LogP) is 2.99. The van der Waals surface area contributed by atoms with Crippen LogP contribution in [0.1, 0.15) is 36.7 Å². The Morgan fingerprint density at radius 3 is 2.87 bits per heavy atom. The molecular weight excluding hydrogens is 320 g/mol. The minimum Gasteiger partial charge on any atom is -0.496 e. The average molecular weight is 339 g/mol. The Morgan fingerprint density at radius 2 is 2.26 bits per heavy atom. The maximum Gasteiger partial charge on any atom is 0.315 e. The third kappa shape index (κ3) is 4.59. The van der Waals surface area contributed by atoms with Crippen LogP contribution in [0.2, 0.25) is 5.02 Å². The molecule has 2 N–H and O–H groups in total. The van der Waals surface area contributed by atoms with Gasteiger partial charge in [-0.1, -0.05) is 29.7 Å². The standard InChI is InChI=1S/C15H19ClN4O3/c1-4-12(14-18-9(2)23-20-14)19-15(21)17-8-10-5-6-11(16)7-13(10)22-3/h5-7,12H,4,8H2,1-3H3,(H2,17,19,21). The molecule has 8 heteroatoms. The fraction of sp³-hybridized carbons (Fsp3) is 0.400. The van der Waals surface area contributed by atoms with Gasteiger partial charge >= 0.3 is 6.03 Å². The fourth-order valence-electron chi connectivity index (χ4n) is 2.05. The van der Waals surface area contributed by atoms with Crippen LogP contribution in [0.15, 0.2) is 22.7 Å². The molecule has 0 aliphatic heterocycles. The van der Waals surface area contributed by atoms with E-state index < -0.39 is 0 Å². The summed E-state index contributed by atoms with van der Waals surface area (Å²) in [6.45, 7) is 3.95. The average Bonchev–Trinajstić information content (AvgIpc) is 2.97. The van der Waals surface area contributed by atoms with Crippen LogP contribution in [0, 0.1) is 6.92 Å². The van der Waals surface area contributed by atoms with Crippen molar-refractivity contribution in [1.29, 1.82) is 0 Å². The molecule has 1 heterocycles. The van der Waals surface area contributed by atoms with Gasteiger partial charge in [0.1, 0.15) is 5.75 Å². The molecule has 1 unspecified atom stereocenters. The minimum atomic E-state index is -0.323. The van der Waals surface area contributed by atoms with E-state index in [1.165, 1.54) is 0 Å². The van der Waals surface area contributed by atoms with Crippen LogP contribution in [0.4, 0.5) is 4.79 Å². The van der Waals surface area contributed by atoms with E-state index in [1.54, 1.807) is 32.2 Å². The molecule has 2 aromatic rings. The van der Waals surface area contributed by atoms with E-state index in [2.05, 4.69) is 20.8 Å². The molecule has 0 saturated heterocycles. The first-order chi connectivity index (χ1) is 11.0. The van der Waals surface area contributed by atoms with Crippen LogP contribution in [0.3, 0.4) is 0 Å². The number of aromatic nitrogens is 2. The number of rotatable bonds is 6. The zero-order valence-electron chi connectivity index (χ0n) is 13.2. The first kappa shape index (κ1) is 17.1. The Bertz CT molecular complexity index is 674. The van der Waals surface area contributed by atoms with Crippen molar-refractivity contribution in [3.05, 3.63) is 40.5 Å². The smallest absolute Gasteiger partial charge is 0.315 e. The normalized spacial score (nSPS) is 11.8. The first-order valence-corrected chi connectivity index (χ1v) is 7.58. The minimum absolute atomic E-state index is 0.306. The van der Waals surface area contributed by atoms with Crippen LogP contribution in [-0.4, -0.2) is 23.3 Å². The number of carbonyl (C=O) groups is 1. The largest absolute Gasteiger partial charge is 0.496 e. The lowest BCUT2D eigenvalue weighted by molar-refractivity contribution is 0.235. The number of hydrogen-bond acceptors (Lipinski definition) is 5. The highest BCUT2D eigenvalue weighted by molar-refractivity contribution is 6.30. The molecule has 1 aromatic carbocycles. The number of urea groups is 1. The van der Waals surface area contributed by atoms with Crippen molar-refractivity contribution < 1.29 is 14.1 Å². The van der Waals surface area contributed by atoms with Crippen molar-refractivity contribution in [1.82, 2.24) is 20.8 Å². The molecular formula is C15H19ClN4O3. The summed E-state index contributed by atoms with van der Waals surface area (Å²) in [4.78, 5) is 16.2. The molecule has 23 heavy (non-hydrogen) atoms. The Morgan fingerprint density at radius 1 is 1.48 bits per heavy atom. The highest BCUT2D eigenvalue weighted by Crippen LogP contribution is 2.22. The van der Waals surface area contributed by atoms with Crippen molar-refractivity contribution in [2.75, 3.05) is 7.11 Å². The van der Waals surface area contributed by atoms with Gasteiger partial charge in [-0.25, -0.2) is 4.79 Å². The lowest BCUT2D eigenvalue weighted by Gasteiger charge is -2.15. The van der Waals surface area contributed by atoms with Crippen molar-refractivity contribution in [2.45, 2.75) is 32.9 Å². The molecule has 0 spiro atoms. The van der Waals surface area contributed by atoms with Gasteiger partial charge in [-0.3, -0.25) is 0 Å². The molecule has 0 aliphatic rings. The number of methoxy groups -OCH3 is 1. The maximum absolute atomic E-state index is 12.1. The SMILES string of the molecule is CCC(NC(=O)NCc1ccc(Cl)cc1OC)c1noc(C)n1. The van der Waals surface area contributed by atoms with E-state index in [9.17, 15) is 4.79 Å². The number of ether oxygens (including phenoxy) is 1. The molecule has 1 aromatic heterocycles. The van der Waals surface area contributed by atoms with Crippen molar-refractivity contribution in [3.63, 3.8) is 0 Å². The van der Waals surface area contributed by atoms with Gasteiger partial charge in [-0.2, -0.15) is 4.98 Å². The summed E-state index contributed by atoms with van der Waals surface area (Å²) in [5, 5.41) is 10.00. The number of aryl methyl sites for hydroxylation is 1. The van der Waals surface area contributed by atoms with Crippen LogP contribution in [-0.2, 0) is 6.54 Å². The number of carbonyl (C=O) groups excluding carboxylic acids is 1. The number of nitrogens with one attached hydrogen (secondary N) is 2. The van der Waals surface area contributed by atoms with E-state index in [0.717, 1.165) is 5.56 Å². The fourth-order valence-corrected chi connectivity index (χ4v) is 2.22. The second kappa shape index (κ2) is 7.82. The molecule has 2 rings (SSSR count). The van der Waals surface area contributed by atoms with Gasteiger partial charge in [-0.05, 0) is 18.6 Å². The van der Waals surface area contributed by atoms with Crippen molar-refractivity contribution >= 4 is 17.6 Å². The number of nitrogens with zero attached hydrogens (tertiary/aromatic N) is 2. The van der Waals surface area contributed by atoms with Gasteiger partial charge in [0.2, 0.25) is 5.89 Å². The van der Waals surface area contributed by atoms with Gasteiger partial charge in [0.25, 0.3) is 0 Å². The predicted molar refractivity (Wildman–Crippen MR) is 85.4 cm³/mol. The second-order valence-corrected chi connectivity index (χ2v) is 5.35. The van der Waals surface area contributed by atoms with Crippen LogP contribution in [0.5, 0.6) is 5.75 Å². The molecule has 2 amide bonds. The third-order valence-corrected chi connectivity index (χ3v) is 3.49. The summed E-state index contributed by atoms with van der Waals surface area (Å²) in [5.41, 5.74) is 0.829. The lowest BCUT2D eigenvalue weighted by atomic mass is 10.2. The zero-order chi connectivity index (χ0) is 16.8. The highest BCUT2D eigenvalue weighted by Gasteiger charge is 2.18. The molecule has 0 radical (unpaired) electrons.